The standard InChI is InChI=1S/C12H20N4O3/c1-2-6-16(9-11(17)18)12(19)14-4-3-7-15-8-5-13-10-15/h5,8,10H,2-4,6-7,9H2,1H3,(H,14,19)(H,17,18). The third-order valence-corrected chi connectivity index (χ3v) is 2.54. The number of urea groups is 1. The fourth-order valence-corrected chi connectivity index (χ4v) is 1.67. The van der Waals surface area contributed by atoms with Crippen molar-refractivity contribution in [3.63, 3.8) is 0 Å². The zero-order valence-corrected chi connectivity index (χ0v) is 11.1. The van der Waals surface area contributed by atoms with Crippen molar-refractivity contribution in [2.45, 2.75) is 26.3 Å². The van der Waals surface area contributed by atoms with Crippen LogP contribution in [0.1, 0.15) is 19.8 Å². The molecule has 7 nitrogen and oxygen atoms in total. The van der Waals surface area contributed by atoms with Crippen molar-refractivity contribution in [2.75, 3.05) is 19.6 Å². The highest BCUT2D eigenvalue weighted by Crippen LogP contribution is 1.94. The molecule has 0 unspecified atom stereocenters. The summed E-state index contributed by atoms with van der Waals surface area (Å²) in [5.41, 5.74) is 0. The first-order valence-corrected chi connectivity index (χ1v) is 6.33. The van der Waals surface area contributed by atoms with Crippen LogP contribution in [-0.4, -0.2) is 51.2 Å². The van der Waals surface area contributed by atoms with Gasteiger partial charge in [0.25, 0.3) is 0 Å². The maximum atomic E-state index is 11.8. The zero-order valence-electron chi connectivity index (χ0n) is 11.1. The average molecular weight is 268 g/mol. The molecule has 0 spiro atoms. The van der Waals surface area contributed by atoms with Gasteiger partial charge in [-0.15, -0.1) is 0 Å². The van der Waals surface area contributed by atoms with E-state index in [0.717, 1.165) is 19.4 Å². The third-order valence-electron chi connectivity index (χ3n) is 2.54. The molecule has 1 rings (SSSR count). The third kappa shape index (κ3) is 5.89. The van der Waals surface area contributed by atoms with Gasteiger partial charge < -0.3 is 19.9 Å². The first-order valence-electron chi connectivity index (χ1n) is 6.33. The number of aromatic nitrogens is 2. The van der Waals surface area contributed by atoms with Crippen LogP contribution in [0.5, 0.6) is 0 Å². The van der Waals surface area contributed by atoms with Crippen LogP contribution in [0.2, 0.25) is 0 Å². The van der Waals surface area contributed by atoms with Gasteiger partial charge in [-0.25, -0.2) is 9.78 Å². The van der Waals surface area contributed by atoms with Gasteiger partial charge in [0, 0.05) is 32.0 Å². The van der Waals surface area contributed by atoms with Gasteiger partial charge in [-0.2, -0.15) is 0 Å². The van der Waals surface area contributed by atoms with Crippen LogP contribution >= 0.6 is 0 Å². The summed E-state index contributed by atoms with van der Waals surface area (Å²) in [6.07, 6.45) is 6.78. The quantitative estimate of drug-likeness (QED) is 0.682. The number of aryl methyl sites for hydroxylation is 1. The number of carboxylic acid groups (broad SMARTS) is 1. The molecule has 0 bridgehead atoms. The van der Waals surface area contributed by atoms with Crippen LogP contribution in [0.15, 0.2) is 18.7 Å². The SMILES string of the molecule is CCCN(CC(=O)O)C(=O)NCCCn1ccnc1. The van der Waals surface area contributed by atoms with E-state index in [0.29, 0.717) is 13.1 Å². The van der Waals surface area contributed by atoms with Gasteiger partial charge in [-0.1, -0.05) is 6.92 Å². The lowest BCUT2D eigenvalue weighted by Crippen LogP contribution is -2.43. The summed E-state index contributed by atoms with van der Waals surface area (Å²) in [5, 5.41) is 11.4. The molecule has 1 aromatic rings. The molecule has 0 aliphatic rings. The molecule has 0 aliphatic carbocycles. The minimum Gasteiger partial charge on any atom is -0.480 e. The van der Waals surface area contributed by atoms with Crippen molar-refractivity contribution in [3.8, 4) is 0 Å². The molecule has 0 aliphatic heterocycles. The van der Waals surface area contributed by atoms with E-state index in [1.807, 2.05) is 17.7 Å². The Balaban J connectivity index is 2.25. The first-order chi connectivity index (χ1) is 9.13. The van der Waals surface area contributed by atoms with Crippen molar-refractivity contribution >= 4 is 12.0 Å². The second kappa shape index (κ2) is 8.12. The Kier molecular flexibility index (Phi) is 6.42. The van der Waals surface area contributed by atoms with Crippen LogP contribution in [0, 0.1) is 0 Å². The fraction of sp³-hybridized carbons (Fsp3) is 0.583. The summed E-state index contributed by atoms with van der Waals surface area (Å²) in [5.74, 6) is -0.998. The number of rotatable bonds is 8. The van der Waals surface area contributed by atoms with E-state index in [-0.39, 0.29) is 12.6 Å². The topological polar surface area (TPSA) is 87.5 Å². The van der Waals surface area contributed by atoms with Gasteiger partial charge in [0.05, 0.1) is 6.33 Å². The van der Waals surface area contributed by atoms with E-state index < -0.39 is 5.97 Å². The van der Waals surface area contributed by atoms with Gasteiger partial charge in [0.15, 0.2) is 0 Å². The first kappa shape index (κ1) is 15.0. The predicted octanol–water partition coefficient (Wildman–Crippen LogP) is 0.779. The predicted molar refractivity (Wildman–Crippen MR) is 69.7 cm³/mol. The minimum atomic E-state index is -0.998. The summed E-state index contributed by atoms with van der Waals surface area (Å²) in [7, 11) is 0. The smallest absolute Gasteiger partial charge is 0.323 e. The highest BCUT2D eigenvalue weighted by atomic mass is 16.4. The van der Waals surface area contributed by atoms with Gasteiger partial charge in [0.2, 0.25) is 0 Å². The number of hydrogen-bond acceptors (Lipinski definition) is 3. The molecule has 0 fully saturated rings. The van der Waals surface area contributed by atoms with Crippen LogP contribution in [0.25, 0.3) is 0 Å². The molecular formula is C12H20N4O3. The Morgan fingerprint density at radius 2 is 2.26 bits per heavy atom. The molecule has 19 heavy (non-hydrogen) atoms. The maximum absolute atomic E-state index is 11.8. The second-order valence-corrected chi connectivity index (χ2v) is 4.20. The molecule has 2 N–H and O–H groups in total. The molecule has 1 heterocycles. The highest BCUT2D eigenvalue weighted by Gasteiger charge is 2.14. The molecule has 106 valence electrons. The molecule has 0 saturated heterocycles. The summed E-state index contributed by atoms with van der Waals surface area (Å²) in [4.78, 5) is 27.6. The second-order valence-electron chi connectivity index (χ2n) is 4.20. The molecule has 0 aromatic carbocycles. The van der Waals surface area contributed by atoms with E-state index in [1.165, 1.54) is 4.90 Å². The molecular weight excluding hydrogens is 248 g/mol. The molecule has 1 aromatic heterocycles. The molecule has 0 atom stereocenters. The van der Waals surface area contributed by atoms with Gasteiger partial charge >= 0.3 is 12.0 Å². The average Bonchev–Trinajstić information content (AvgIpc) is 2.86. The van der Waals surface area contributed by atoms with Crippen molar-refractivity contribution < 1.29 is 14.7 Å². The Morgan fingerprint density at radius 1 is 1.47 bits per heavy atom. The number of nitrogens with one attached hydrogen (secondary N) is 1. The zero-order chi connectivity index (χ0) is 14.1. The van der Waals surface area contributed by atoms with Gasteiger partial charge in [-0.3, -0.25) is 4.79 Å². The van der Waals surface area contributed by atoms with Crippen LogP contribution in [0.4, 0.5) is 4.79 Å². The Labute approximate surface area is 112 Å². The minimum absolute atomic E-state index is 0.263. The lowest BCUT2D eigenvalue weighted by molar-refractivity contribution is -0.137. The highest BCUT2D eigenvalue weighted by molar-refractivity contribution is 5.80. The van der Waals surface area contributed by atoms with E-state index in [9.17, 15) is 9.59 Å². The normalized spacial score (nSPS) is 10.2. The monoisotopic (exact) mass is 268 g/mol. The summed E-state index contributed by atoms with van der Waals surface area (Å²) in [6, 6.07) is -0.324. The molecule has 0 saturated carbocycles. The van der Waals surface area contributed by atoms with E-state index in [4.69, 9.17) is 5.11 Å². The molecule has 2 amide bonds. The van der Waals surface area contributed by atoms with Crippen LogP contribution in [-0.2, 0) is 11.3 Å². The summed E-state index contributed by atoms with van der Waals surface area (Å²) < 4.78 is 1.92. The van der Waals surface area contributed by atoms with Crippen molar-refractivity contribution in [3.05, 3.63) is 18.7 Å². The lowest BCUT2D eigenvalue weighted by Gasteiger charge is -2.20. The van der Waals surface area contributed by atoms with Gasteiger partial charge in [0.1, 0.15) is 6.54 Å². The van der Waals surface area contributed by atoms with Crippen LogP contribution < -0.4 is 5.32 Å². The largest absolute Gasteiger partial charge is 0.480 e. The Bertz CT molecular complexity index is 392. The number of carbonyl (C=O) groups excluding carboxylic acids is 1. The lowest BCUT2D eigenvalue weighted by atomic mass is 10.4. The van der Waals surface area contributed by atoms with E-state index >= 15 is 0 Å². The van der Waals surface area contributed by atoms with Crippen LogP contribution in [0.3, 0.4) is 0 Å². The van der Waals surface area contributed by atoms with E-state index in [1.54, 1.807) is 12.5 Å². The number of hydrogen-bond donors (Lipinski definition) is 2. The Morgan fingerprint density at radius 3 is 2.84 bits per heavy atom. The Hall–Kier alpha value is -2.05. The van der Waals surface area contributed by atoms with E-state index in [2.05, 4.69) is 10.3 Å². The van der Waals surface area contributed by atoms with Crippen molar-refractivity contribution in [1.29, 1.82) is 0 Å². The van der Waals surface area contributed by atoms with Gasteiger partial charge in [-0.05, 0) is 12.8 Å². The number of aliphatic carboxylic acids is 1. The van der Waals surface area contributed by atoms with Crippen molar-refractivity contribution in [2.24, 2.45) is 0 Å². The summed E-state index contributed by atoms with van der Waals surface area (Å²) in [6.45, 7) is 3.37. The number of amides is 2. The number of carboxylic acids is 1. The fourth-order valence-electron chi connectivity index (χ4n) is 1.67. The molecule has 7 heteroatoms. The molecule has 0 radical (unpaired) electrons. The maximum Gasteiger partial charge on any atom is 0.323 e. The number of nitrogens with zero attached hydrogens (tertiary/aromatic N) is 3. The number of imidazole rings is 1. The number of carbonyl (C=O) groups is 2. The summed E-state index contributed by atoms with van der Waals surface area (Å²) >= 11 is 0. The van der Waals surface area contributed by atoms with Crippen molar-refractivity contribution in [1.82, 2.24) is 19.8 Å².